The standard InChI is InChI=1S/C14H17N3O/c1-4-12-8-14(17-10(3)16-12)18-13-7-11(15)6-5-9(13)2/h5-8H,4,15H2,1-3H3. The van der Waals surface area contributed by atoms with E-state index in [9.17, 15) is 0 Å². The van der Waals surface area contributed by atoms with Crippen molar-refractivity contribution in [2.45, 2.75) is 27.2 Å². The maximum absolute atomic E-state index is 5.78. The molecular formula is C14H17N3O. The van der Waals surface area contributed by atoms with Crippen LogP contribution in [0, 0.1) is 13.8 Å². The number of hydrogen-bond acceptors (Lipinski definition) is 4. The third-order valence-corrected chi connectivity index (χ3v) is 2.66. The first-order valence-electron chi connectivity index (χ1n) is 5.97. The summed E-state index contributed by atoms with van der Waals surface area (Å²) in [6.07, 6.45) is 0.857. The number of nitrogen functional groups attached to an aromatic ring is 1. The van der Waals surface area contributed by atoms with Gasteiger partial charge < -0.3 is 10.5 Å². The van der Waals surface area contributed by atoms with Gasteiger partial charge in [-0.3, -0.25) is 0 Å². The molecule has 4 nitrogen and oxygen atoms in total. The van der Waals surface area contributed by atoms with Gasteiger partial charge in [-0.05, 0) is 31.9 Å². The molecule has 18 heavy (non-hydrogen) atoms. The van der Waals surface area contributed by atoms with E-state index in [1.807, 2.05) is 32.0 Å². The van der Waals surface area contributed by atoms with Crippen molar-refractivity contribution in [3.8, 4) is 11.6 Å². The van der Waals surface area contributed by atoms with E-state index in [0.717, 1.165) is 23.4 Å². The molecule has 0 radical (unpaired) electrons. The van der Waals surface area contributed by atoms with Gasteiger partial charge in [0, 0.05) is 23.5 Å². The van der Waals surface area contributed by atoms with Crippen LogP contribution in [0.15, 0.2) is 24.3 Å². The minimum Gasteiger partial charge on any atom is -0.439 e. The molecule has 0 bridgehead atoms. The van der Waals surface area contributed by atoms with Crippen molar-refractivity contribution >= 4 is 5.69 Å². The molecule has 0 unspecified atom stereocenters. The zero-order valence-electron chi connectivity index (χ0n) is 10.9. The van der Waals surface area contributed by atoms with Gasteiger partial charge in [0.15, 0.2) is 0 Å². The lowest BCUT2D eigenvalue weighted by Crippen LogP contribution is -1.98. The number of ether oxygens (including phenoxy) is 1. The summed E-state index contributed by atoms with van der Waals surface area (Å²) in [4.78, 5) is 8.59. The fourth-order valence-electron chi connectivity index (χ4n) is 1.67. The highest BCUT2D eigenvalue weighted by Gasteiger charge is 2.06. The minimum atomic E-state index is 0.563. The van der Waals surface area contributed by atoms with Gasteiger partial charge >= 0.3 is 0 Å². The van der Waals surface area contributed by atoms with Crippen LogP contribution in [-0.4, -0.2) is 9.97 Å². The summed E-state index contributed by atoms with van der Waals surface area (Å²) in [5.74, 6) is 2.01. The van der Waals surface area contributed by atoms with E-state index < -0.39 is 0 Å². The van der Waals surface area contributed by atoms with Gasteiger partial charge in [0.1, 0.15) is 11.6 Å². The Hall–Kier alpha value is -2.10. The SMILES string of the molecule is CCc1cc(Oc2cc(N)ccc2C)nc(C)n1. The van der Waals surface area contributed by atoms with Crippen LogP contribution in [0.4, 0.5) is 5.69 Å². The number of rotatable bonds is 3. The van der Waals surface area contributed by atoms with Crippen molar-refractivity contribution in [2.24, 2.45) is 0 Å². The van der Waals surface area contributed by atoms with Gasteiger partial charge in [0.25, 0.3) is 0 Å². The zero-order chi connectivity index (χ0) is 13.1. The molecule has 0 aliphatic heterocycles. The molecule has 0 spiro atoms. The number of aryl methyl sites for hydroxylation is 3. The number of nitrogens with two attached hydrogens (primary N) is 1. The van der Waals surface area contributed by atoms with Crippen LogP contribution >= 0.6 is 0 Å². The van der Waals surface area contributed by atoms with Crippen molar-refractivity contribution in [2.75, 3.05) is 5.73 Å². The summed E-state index contributed by atoms with van der Waals surface area (Å²) < 4.78 is 5.78. The van der Waals surface area contributed by atoms with Crippen LogP contribution in [0.1, 0.15) is 24.0 Å². The second-order valence-electron chi connectivity index (χ2n) is 4.23. The van der Waals surface area contributed by atoms with Crippen molar-refractivity contribution in [3.05, 3.63) is 41.3 Å². The lowest BCUT2D eigenvalue weighted by atomic mass is 10.2. The van der Waals surface area contributed by atoms with Crippen molar-refractivity contribution in [3.63, 3.8) is 0 Å². The lowest BCUT2D eigenvalue weighted by Gasteiger charge is -2.10. The van der Waals surface area contributed by atoms with E-state index in [1.165, 1.54) is 0 Å². The molecule has 0 aliphatic carbocycles. The van der Waals surface area contributed by atoms with E-state index in [4.69, 9.17) is 10.5 Å². The van der Waals surface area contributed by atoms with E-state index >= 15 is 0 Å². The molecule has 0 atom stereocenters. The Morgan fingerprint density at radius 1 is 1.17 bits per heavy atom. The Kier molecular flexibility index (Phi) is 3.46. The molecular weight excluding hydrogens is 226 g/mol. The molecule has 0 saturated carbocycles. The fourth-order valence-corrected chi connectivity index (χ4v) is 1.67. The Labute approximate surface area is 107 Å². The van der Waals surface area contributed by atoms with E-state index in [2.05, 4.69) is 16.9 Å². The molecule has 2 aromatic rings. The highest BCUT2D eigenvalue weighted by atomic mass is 16.5. The quantitative estimate of drug-likeness (QED) is 0.842. The third kappa shape index (κ3) is 2.77. The van der Waals surface area contributed by atoms with Crippen molar-refractivity contribution < 1.29 is 4.74 Å². The average Bonchev–Trinajstić information content (AvgIpc) is 2.33. The van der Waals surface area contributed by atoms with Crippen LogP contribution in [0.2, 0.25) is 0 Å². The summed E-state index contributed by atoms with van der Waals surface area (Å²) in [6.45, 7) is 5.89. The molecule has 0 aliphatic rings. The second-order valence-corrected chi connectivity index (χ2v) is 4.23. The highest BCUT2D eigenvalue weighted by molar-refractivity contribution is 5.49. The molecule has 1 aromatic carbocycles. The summed E-state index contributed by atoms with van der Waals surface area (Å²) in [6, 6.07) is 7.44. The van der Waals surface area contributed by atoms with Gasteiger partial charge in [-0.2, -0.15) is 4.98 Å². The van der Waals surface area contributed by atoms with Gasteiger partial charge in [-0.15, -0.1) is 0 Å². The van der Waals surface area contributed by atoms with Gasteiger partial charge in [-0.1, -0.05) is 13.0 Å². The van der Waals surface area contributed by atoms with Crippen molar-refractivity contribution in [1.82, 2.24) is 9.97 Å². The van der Waals surface area contributed by atoms with Gasteiger partial charge in [0.05, 0.1) is 0 Å². The predicted octanol–water partition coefficient (Wildman–Crippen LogP) is 3.03. The molecule has 0 saturated heterocycles. The van der Waals surface area contributed by atoms with E-state index in [-0.39, 0.29) is 0 Å². The number of hydrogen-bond donors (Lipinski definition) is 1. The molecule has 94 valence electrons. The molecule has 0 fully saturated rings. The zero-order valence-corrected chi connectivity index (χ0v) is 10.9. The molecule has 0 amide bonds. The minimum absolute atomic E-state index is 0.563. The lowest BCUT2D eigenvalue weighted by molar-refractivity contribution is 0.455. The van der Waals surface area contributed by atoms with Crippen LogP contribution < -0.4 is 10.5 Å². The van der Waals surface area contributed by atoms with E-state index in [0.29, 0.717) is 17.4 Å². The average molecular weight is 243 g/mol. The summed E-state index contributed by atoms with van der Waals surface area (Å²) in [7, 11) is 0. The number of nitrogens with zero attached hydrogens (tertiary/aromatic N) is 2. The topological polar surface area (TPSA) is 61.0 Å². The third-order valence-electron chi connectivity index (χ3n) is 2.66. The van der Waals surface area contributed by atoms with E-state index in [1.54, 1.807) is 6.07 Å². The smallest absolute Gasteiger partial charge is 0.222 e. The first-order valence-corrected chi connectivity index (χ1v) is 5.97. The Bertz CT molecular complexity index is 567. The van der Waals surface area contributed by atoms with Crippen LogP contribution in [0.5, 0.6) is 11.6 Å². The normalized spacial score (nSPS) is 10.4. The number of benzene rings is 1. The maximum atomic E-state index is 5.78. The number of anilines is 1. The van der Waals surface area contributed by atoms with Crippen molar-refractivity contribution in [1.29, 1.82) is 0 Å². The molecule has 2 rings (SSSR count). The van der Waals surface area contributed by atoms with Crippen LogP contribution in [-0.2, 0) is 6.42 Å². The Morgan fingerprint density at radius 2 is 1.94 bits per heavy atom. The maximum Gasteiger partial charge on any atom is 0.222 e. The number of aromatic nitrogens is 2. The molecule has 4 heteroatoms. The largest absolute Gasteiger partial charge is 0.439 e. The van der Waals surface area contributed by atoms with Crippen LogP contribution in [0.25, 0.3) is 0 Å². The molecule has 1 aromatic heterocycles. The van der Waals surface area contributed by atoms with Crippen LogP contribution in [0.3, 0.4) is 0 Å². The summed E-state index contributed by atoms with van der Waals surface area (Å²) in [5, 5.41) is 0. The van der Waals surface area contributed by atoms with Gasteiger partial charge in [-0.25, -0.2) is 4.98 Å². The molecule has 2 N–H and O–H groups in total. The Balaban J connectivity index is 2.33. The summed E-state index contributed by atoms with van der Waals surface area (Å²) >= 11 is 0. The predicted molar refractivity (Wildman–Crippen MR) is 71.8 cm³/mol. The van der Waals surface area contributed by atoms with Gasteiger partial charge in [0.2, 0.25) is 5.88 Å². The fraction of sp³-hybridized carbons (Fsp3) is 0.286. The first-order chi connectivity index (χ1) is 8.58. The summed E-state index contributed by atoms with van der Waals surface area (Å²) in [5.41, 5.74) is 8.43. The highest BCUT2D eigenvalue weighted by Crippen LogP contribution is 2.26. The first kappa shape index (κ1) is 12.4. The Morgan fingerprint density at radius 3 is 2.67 bits per heavy atom. The molecule has 1 heterocycles. The second kappa shape index (κ2) is 5.04. The monoisotopic (exact) mass is 243 g/mol.